The SMILES string of the molecule is CC1(C)CCN(C(=O)CC2CCCCC2N)CC1. The van der Waals surface area contributed by atoms with Crippen LogP contribution in [0.1, 0.15) is 58.8 Å². The number of carbonyl (C=O) groups is 1. The molecule has 0 radical (unpaired) electrons. The van der Waals surface area contributed by atoms with Crippen molar-refractivity contribution in [2.24, 2.45) is 17.1 Å². The van der Waals surface area contributed by atoms with Crippen molar-refractivity contribution in [3.8, 4) is 0 Å². The van der Waals surface area contributed by atoms with Crippen LogP contribution in [0.3, 0.4) is 0 Å². The molecule has 2 fully saturated rings. The quantitative estimate of drug-likeness (QED) is 0.821. The van der Waals surface area contributed by atoms with E-state index >= 15 is 0 Å². The molecule has 2 N–H and O–H groups in total. The van der Waals surface area contributed by atoms with Gasteiger partial charge < -0.3 is 10.6 Å². The highest BCUT2D eigenvalue weighted by molar-refractivity contribution is 5.76. The second kappa shape index (κ2) is 5.60. The molecule has 2 unspecified atom stereocenters. The van der Waals surface area contributed by atoms with Crippen molar-refractivity contribution in [2.75, 3.05) is 13.1 Å². The first-order valence-electron chi connectivity index (χ1n) is 7.51. The zero-order valence-corrected chi connectivity index (χ0v) is 12.0. The molecule has 1 amide bonds. The van der Waals surface area contributed by atoms with Gasteiger partial charge in [-0.25, -0.2) is 0 Å². The van der Waals surface area contributed by atoms with E-state index in [2.05, 4.69) is 18.7 Å². The van der Waals surface area contributed by atoms with Crippen LogP contribution in [-0.2, 0) is 4.79 Å². The van der Waals surface area contributed by atoms with Gasteiger partial charge in [0.25, 0.3) is 0 Å². The van der Waals surface area contributed by atoms with Gasteiger partial charge in [-0.2, -0.15) is 0 Å². The Hall–Kier alpha value is -0.570. The second-order valence-electron chi connectivity index (χ2n) is 6.96. The molecule has 2 aliphatic rings. The van der Waals surface area contributed by atoms with Crippen LogP contribution in [0.25, 0.3) is 0 Å². The van der Waals surface area contributed by atoms with Crippen molar-refractivity contribution in [3.63, 3.8) is 0 Å². The number of nitrogens with two attached hydrogens (primary N) is 1. The maximum atomic E-state index is 12.3. The second-order valence-corrected chi connectivity index (χ2v) is 6.96. The van der Waals surface area contributed by atoms with Crippen LogP contribution in [-0.4, -0.2) is 29.9 Å². The highest BCUT2D eigenvalue weighted by atomic mass is 16.2. The number of hydrogen-bond acceptors (Lipinski definition) is 2. The Kier molecular flexibility index (Phi) is 4.31. The third-order valence-electron chi connectivity index (χ3n) is 4.87. The molecule has 0 spiro atoms. The van der Waals surface area contributed by atoms with Gasteiger partial charge in [0.15, 0.2) is 0 Å². The number of nitrogens with zero attached hydrogens (tertiary/aromatic N) is 1. The van der Waals surface area contributed by atoms with E-state index in [-0.39, 0.29) is 6.04 Å². The Balaban J connectivity index is 1.81. The van der Waals surface area contributed by atoms with Gasteiger partial charge >= 0.3 is 0 Å². The lowest BCUT2D eigenvalue weighted by atomic mass is 9.81. The van der Waals surface area contributed by atoms with Crippen LogP contribution < -0.4 is 5.73 Å². The molecule has 0 bridgehead atoms. The number of likely N-dealkylation sites (tertiary alicyclic amines) is 1. The summed E-state index contributed by atoms with van der Waals surface area (Å²) < 4.78 is 0. The molecule has 3 heteroatoms. The normalized spacial score (nSPS) is 32.3. The summed E-state index contributed by atoms with van der Waals surface area (Å²) in [5, 5.41) is 0. The van der Waals surface area contributed by atoms with E-state index in [1.165, 1.54) is 12.8 Å². The average molecular weight is 252 g/mol. The van der Waals surface area contributed by atoms with Gasteiger partial charge in [0.05, 0.1) is 0 Å². The minimum Gasteiger partial charge on any atom is -0.343 e. The Morgan fingerprint density at radius 2 is 1.83 bits per heavy atom. The predicted octanol–water partition coefficient (Wildman–Crippen LogP) is 2.54. The van der Waals surface area contributed by atoms with Crippen molar-refractivity contribution in [2.45, 2.75) is 64.8 Å². The lowest BCUT2D eigenvalue weighted by Gasteiger charge is -2.38. The summed E-state index contributed by atoms with van der Waals surface area (Å²) in [6, 6.07) is 0.254. The van der Waals surface area contributed by atoms with Crippen molar-refractivity contribution in [1.82, 2.24) is 4.90 Å². The maximum Gasteiger partial charge on any atom is 0.222 e. The van der Waals surface area contributed by atoms with E-state index in [9.17, 15) is 4.79 Å². The van der Waals surface area contributed by atoms with Gasteiger partial charge in [-0.15, -0.1) is 0 Å². The molecular weight excluding hydrogens is 224 g/mol. The number of piperidine rings is 1. The third-order valence-corrected chi connectivity index (χ3v) is 4.87. The molecule has 0 aromatic heterocycles. The van der Waals surface area contributed by atoms with E-state index in [0.717, 1.165) is 38.8 Å². The molecule has 1 saturated heterocycles. The lowest BCUT2D eigenvalue weighted by molar-refractivity contribution is -0.134. The maximum absolute atomic E-state index is 12.3. The molecule has 1 saturated carbocycles. The van der Waals surface area contributed by atoms with Crippen molar-refractivity contribution in [1.29, 1.82) is 0 Å². The molecule has 18 heavy (non-hydrogen) atoms. The fraction of sp³-hybridized carbons (Fsp3) is 0.933. The predicted molar refractivity (Wildman–Crippen MR) is 74.1 cm³/mol. The van der Waals surface area contributed by atoms with Crippen LogP contribution in [0.2, 0.25) is 0 Å². The number of hydrogen-bond donors (Lipinski definition) is 1. The molecule has 0 aromatic rings. The highest BCUT2D eigenvalue weighted by Gasteiger charge is 2.30. The van der Waals surface area contributed by atoms with E-state index in [4.69, 9.17) is 5.73 Å². The van der Waals surface area contributed by atoms with Crippen LogP contribution in [0, 0.1) is 11.3 Å². The van der Waals surface area contributed by atoms with Gasteiger partial charge in [-0.05, 0) is 37.0 Å². The molecule has 1 heterocycles. The van der Waals surface area contributed by atoms with Crippen LogP contribution in [0.5, 0.6) is 0 Å². The summed E-state index contributed by atoms with van der Waals surface area (Å²) in [6.07, 6.45) is 7.69. The van der Waals surface area contributed by atoms with Crippen LogP contribution in [0.4, 0.5) is 0 Å². The Labute approximate surface area is 111 Å². The zero-order valence-electron chi connectivity index (χ0n) is 12.0. The first kappa shape index (κ1) is 13.9. The first-order valence-corrected chi connectivity index (χ1v) is 7.51. The van der Waals surface area contributed by atoms with Gasteiger partial charge in [-0.3, -0.25) is 4.79 Å². The van der Waals surface area contributed by atoms with Crippen molar-refractivity contribution in [3.05, 3.63) is 0 Å². The van der Waals surface area contributed by atoms with E-state index in [1.54, 1.807) is 0 Å². The number of amides is 1. The fourth-order valence-electron chi connectivity index (χ4n) is 3.20. The Morgan fingerprint density at radius 1 is 1.22 bits per heavy atom. The molecule has 2 rings (SSSR count). The van der Waals surface area contributed by atoms with Gasteiger partial charge in [-0.1, -0.05) is 26.7 Å². The first-order chi connectivity index (χ1) is 8.48. The standard InChI is InChI=1S/C15H28N2O/c1-15(2)7-9-17(10-8-15)14(18)11-12-5-3-4-6-13(12)16/h12-13H,3-11,16H2,1-2H3. The fourth-order valence-corrected chi connectivity index (χ4v) is 3.20. The molecule has 1 aliphatic carbocycles. The smallest absolute Gasteiger partial charge is 0.222 e. The van der Waals surface area contributed by atoms with Crippen molar-refractivity contribution < 1.29 is 4.79 Å². The summed E-state index contributed by atoms with van der Waals surface area (Å²) in [7, 11) is 0. The average Bonchev–Trinajstić information content (AvgIpc) is 2.32. The number of rotatable bonds is 2. The molecule has 3 nitrogen and oxygen atoms in total. The summed E-state index contributed by atoms with van der Waals surface area (Å²) >= 11 is 0. The highest BCUT2D eigenvalue weighted by Crippen LogP contribution is 2.31. The van der Waals surface area contributed by atoms with E-state index in [0.29, 0.717) is 23.7 Å². The molecule has 2 atom stereocenters. The van der Waals surface area contributed by atoms with Crippen LogP contribution >= 0.6 is 0 Å². The summed E-state index contributed by atoms with van der Waals surface area (Å²) in [5.41, 5.74) is 6.54. The van der Waals surface area contributed by atoms with E-state index in [1.807, 2.05) is 0 Å². The van der Waals surface area contributed by atoms with Gasteiger partial charge in [0.1, 0.15) is 0 Å². The summed E-state index contributed by atoms with van der Waals surface area (Å²) in [5.74, 6) is 0.772. The monoisotopic (exact) mass is 252 g/mol. The minimum absolute atomic E-state index is 0.254. The topological polar surface area (TPSA) is 46.3 Å². The third kappa shape index (κ3) is 3.47. The Morgan fingerprint density at radius 3 is 2.44 bits per heavy atom. The Bertz CT molecular complexity index is 291. The molecule has 104 valence electrons. The van der Waals surface area contributed by atoms with Crippen molar-refractivity contribution >= 4 is 5.91 Å². The van der Waals surface area contributed by atoms with Crippen LogP contribution in [0.15, 0.2) is 0 Å². The zero-order chi connectivity index (χ0) is 13.2. The summed E-state index contributed by atoms with van der Waals surface area (Å²) in [6.45, 7) is 6.47. The molecular formula is C15H28N2O. The van der Waals surface area contributed by atoms with Gasteiger partial charge in [0.2, 0.25) is 5.91 Å². The lowest BCUT2D eigenvalue weighted by Crippen LogP contribution is -2.43. The largest absolute Gasteiger partial charge is 0.343 e. The van der Waals surface area contributed by atoms with Gasteiger partial charge in [0, 0.05) is 25.6 Å². The minimum atomic E-state index is 0.254. The molecule has 0 aromatic carbocycles. The molecule has 1 aliphatic heterocycles. The summed E-state index contributed by atoms with van der Waals surface area (Å²) in [4.78, 5) is 14.4. The van der Waals surface area contributed by atoms with E-state index < -0.39 is 0 Å². The number of carbonyl (C=O) groups excluding carboxylic acids is 1.